The highest BCUT2D eigenvalue weighted by Gasteiger charge is 2.45. The van der Waals surface area contributed by atoms with Gasteiger partial charge >= 0.3 is 0 Å². The molecule has 1 saturated carbocycles. The Balaban J connectivity index is 1.33. The second-order valence-corrected chi connectivity index (χ2v) is 16.6. The quantitative estimate of drug-likeness (QED) is 0.275. The molecule has 0 radical (unpaired) electrons. The molecule has 0 saturated heterocycles. The maximum absolute atomic E-state index is 13.4. The summed E-state index contributed by atoms with van der Waals surface area (Å²) in [4.78, 5) is 13.7. The van der Waals surface area contributed by atoms with Crippen molar-refractivity contribution in [2.45, 2.75) is 99.0 Å². The fourth-order valence-electron chi connectivity index (χ4n) is 5.68. The number of carbonyl (C=O) groups is 1. The van der Waals surface area contributed by atoms with E-state index in [1.165, 1.54) is 11.6 Å². The van der Waals surface area contributed by atoms with Crippen LogP contribution >= 0.6 is 11.3 Å². The fourth-order valence-corrected chi connectivity index (χ4v) is 8.63. The predicted octanol–water partition coefficient (Wildman–Crippen LogP) is 5.62. The SMILES string of the molecule is CCc1ccc2c(c1)[C@@H](NC[C@@H](O)[C@H](Cc1ccccc1)NC(=O)c1ccc(S(=O)(=O)C(C)(C)C)s1)CC1(CCC1)O2. The molecule has 0 bridgehead atoms. The third-order valence-electron chi connectivity index (χ3n) is 8.55. The number of thiophene rings is 1. The second-order valence-electron chi connectivity index (χ2n) is 12.6. The van der Waals surface area contributed by atoms with E-state index in [4.69, 9.17) is 4.74 Å². The summed E-state index contributed by atoms with van der Waals surface area (Å²) in [5.41, 5.74) is 3.20. The van der Waals surface area contributed by atoms with Crippen LogP contribution in [0.15, 0.2) is 64.9 Å². The first-order valence-corrected chi connectivity index (χ1v) is 17.1. The van der Waals surface area contributed by atoms with Gasteiger partial charge in [-0.2, -0.15) is 0 Å². The average Bonchev–Trinajstić information content (AvgIpc) is 3.45. The molecule has 3 aromatic rings. The molecule has 0 unspecified atom stereocenters. The Bertz CT molecular complexity index is 1510. The molecule has 1 aliphatic heterocycles. The van der Waals surface area contributed by atoms with Crippen molar-refractivity contribution in [1.82, 2.24) is 10.6 Å². The van der Waals surface area contributed by atoms with Crippen LogP contribution in [0, 0.1) is 0 Å². The van der Waals surface area contributed by atoms with Crippen molar-refractivity contribution >= 4 is 27.1 Å². The first-order valence-electron chi connectivity index (χ1n) is 14.8. The fraction of sp³-hybridized carbons (Fsp3) is 0.485. The summed E-state index contributed by atoms with van der Waals surface area (Å²) in [6, 6.07) is 18.6. The van der Waals surface area contributed by atoms with Crippen LogP contribution in [0.3, 0.4) is 0 Å². The average molecular weight is 611 g/mol. The molecule has 226 valence electrons. The van der Waals surface area contributed by atoms with Crippen LogP contribution in [-0.4, -0.2) is 48.5 Å². The van der Waals surface area contributed by atoms with Gasteiger partial charge in [0.2, 0.25) is 0 Å². The maximum atomic E-state index is 13.4. The summed E-state index contributed by atoms with van der Waals surface area (Å²) in [6.45, 7) is 7.36. The number of carbonyl (C=O) groups excluding carboxylic acids is 1. The number of sulfone groups is 1. The Labute approximate surface area is 253 Å². The minimum atomic E-state index is -3.57. The van der Waals surface area contributed by atoms with Crippen molar-refractivity contribution in [1.29, 1.82) is 0 Å². The highest BCUT2D eigenvalue weighted by molar-refractivity contribution is 7.94. The highest BCUT2D eigenvalue weighted by atomic mass is 32.2. The number of aliphatic hydroxyl groups is 1. The van der Waals surface area contributed by atoms with E-state index >= 15 is 0 Å². The molecule has 1 fully saturated rings. The molecule has 7 nitrogen and oxygen atoms in total. The number of fused-ring (bicyclic) bond motifs is 1. The Hall–Kier alpha value is -2.72. The van der Waals surface area contributed by atoms with E-state index in [1.807, 2.05) is 30.3 Å². The van der Waals surface area contributed by atoms with Gasteiger partial charge in [-0.05, 0) is 82.2 Å². The molecule has 2 aromatic carbocycles. The Kier molecular flexibility index (Phi) is 8.86. The molecule has 2 aliphatic rings. The van der Waals surface area contributed by atoms with E-state index in [9.17, 15) is 18.3 Å². The third-order valence-corrected chi connectivity index (χ3v) is 12.6. The van der Waals surface area contributed by atoms with Gasteiger partial charge < -0.3 is 20.5 Å². The molecule has 1 spiro atoms. The van der Waals surface area contributed by atoms with E-state index in [1.54, 1.807) is 26.8 Å². The molecule has 1 aromatic heterocycles. The van der Waals surface area contributed by atoms with Crippen LogP contribution in [0.1, 0.15) is 85.8 Å². The van der Waals surface area contributed by atoms with Crippen molar-refractivity contribution in [3.8, 4) is 5.75 Å². The number of amides is 1. The van der Waals surface area contributed by atoms with E-state index in [-0.39, 0.29) is 22.4 Å². The van der Waals surface area contributed by atoms with Crippen molar-refractivity contribution in [2.75, 3.05) is 6.54 Å². The molecule has 42 heavy (non-hydrogen) atoms. The molecule has 5 rings (SSSR count). The van der Waals surface area contributed by atoms with Gasteiger partial charge in [-0.1, -0.05) is 49.4 Å². The van der Waals surface area contributed by atoms with Gasteiger partial charge in [-0.25, -0.2) is 8.42 Å². The molecule has 2 heterocycles. The summed E-state index contributed by atoms with van der Waals surface area (Å²) in [6.07, 6.45) is 4.54. The molecule has 3 N–H and O–H groups in total. The topological polar surface area (TPSA) is 105 Å². The standard InChI is InChI=1S/C33H42N2O5S2/c1-5-22-12-13-28-24(18-22)26(20-33(40-28)16-9-17-33)34-21-27(36)25(19-23-10-7-6-8-11-23)35-31(37)29-14-15-30(41-29)42(38,39)32(2,3)4/h6-8,10-15,18,25-27,34,36H,5,9,16-17,19-21H2,1-4H3,(H,35,37)/t25-,26-,27+/m0/s1. The molecule has 1 aliphatic carbocycles. The van der Waals surface area contributed by atoms with Gasteiger partial charge in [0.15, 0.2) is 9.84 Å². The van der Waals surface area contributed by atoms with Gasteiger partial charge in [0.05, 0.1) is 21.8 Å². The van der Waals surface area contributed by atoms with Gasteiger partial charge in [0.25, 0.3) is 5.91 Å². The number of rotatable bonds is 10. The van der Waals surface area contributed by atoms with Gasteiger partial charge in [-0.3, -0.25) is 4.79 Å². The van der Waals surface area contributed by atoms with Crippen molar-refractivity contribution < 1.29 is 23.1 Å². The monoisotopic (exact) mass is 610 g/mol. The first-order chi connectivity index (χ1) is 19.9. The number of ether oxygens (including phenoxy) is 1. The minimum Gasteiger partial charge on any atom is -0.487 e. The van der Waals surface area contributed by atoms with Crippen LogP contribution in [0.4, 0.5) is 0 Å². The molecular formula is C33H42N2O5S2. The first kappa shape index (κ1) is 30.7. The van der Waals surface area contributed by atoms with Crippen molar-refractivity contribution in [2.24, 2.45) is 0 Å². The van der Waals surface area contributed by atoms with E-state index in [2.05, 4.69) is 35.8 Å². The number of hydrogen-bond donors (Lipinski definition) is 3. The number of aliphatic hydroxyl groups excluding tert-OH is 1. The van der Waals surface area contributed by atoms with Crippen LogP contribution in [0.25, 0.3) is 0 Å². The Morgan fingerprint density at radius 1 is 1.10 bits per heavy atom. The summed E-state index contributed by atoms with van der Waals surface area (Å²) < 4.78 is 31.5. The molecular weight excluding hydrogens is 569 g/mol. The summed E-state index contributed by atoms with van der Waals surface area (Å²) in [7, 11) is -3.57. The van der Waals surface area contributed by atoms with Crippen LogP contribution in [0.2, 0.25) is 0 Å². The molecule has 9 heteroatoms. The van der Waals surface area contributed by atoms with Crippen LogP contribution < -0.4 is 15.4 Å². The third kappa shape index (κ3) is 6.44. The second kappa shape index (κ2) is 12.1. The van der Waals surface area contributed by atoms with E-state index in [0.29, 0.717) is 11.3 Å². The number of hydrogen-bond acceptors (Lipinski definition) is 7. The smallest absolute Gasteiger partial charge is 0.261 e. The lowest BCUT2D eigenvalue weighted by Crippen LogP contribution is -2.52. The van der Waals surface area contributed by atoms with Crippen molar-refractivity contribution in [3.63, 3.8) is 0 Å². The van der Waals surface area contributed by atoms with Crippen molar-refractivity contribution in [3.05, 3.63) is 82.2 Å². The van der Waals surface area contributed by atoms with Gasteiger partial charge in [0, 0.05) is 24.6 Å². The van der Waals surface area contributed by atoms with E-state index < -0.39 is 32.6 Å². The molecule has 3 atom stereocenters. The van der Waals surface area contributed by atoms with Crippen LogP contribution in [0.5, 0.6) is 5.75 Å². The van der Waals surface area contributed by atoms with Crippen LogP contribution in [-0.2, 0) is 22.7 Å². The minimum absolute atomic E-state index is 0.0331. The molecule has 1 amide bonds. The van der Waals surface area contributed by atoms with Gasteiger partial charge in [0.1, 0.15) is 15.6 Å². The predicted molar refractivity (Wildman–Crippen MR) is 167 cm³/mol. The van der Waals surface area contributed by atoms with E-state index in [0.717, 1.165) is 60.3 Å². The lowest BCUT2D eigenvalue weighted by atomic mass is 9.72. The zero-order valence-corrected chi connectivity index (χ0v) is 26.5. The number of nitrogens with one attached hydrogen (secondary N) is 2. The zero-order chi connectivity index (χ0) is 30.1. The maximum Gasteiger partial charge on any atom is 0.261 e. The normalized spacial score (nSPS) is 19.3. The highest BCUT2D eigenvalue weighted by Crippen LogP contribution is 2.49. The Morgan fingerprint density at radius 3 is 2.48 bits per heavy atom. The lowest BCUT2D eigenvalue weighted by Gasteiger charge is -2.48. The number of benzene rings is 2. The zero-order valence-electron chi connectivity index (χ0n) is 24.9. The van der Waals surface area contributed by atoms with Gasteiger partial charge in [-0.15, -0.1) is 11.3 Å². The lowest BCUT2D eigenvalue weighted by molar-refractivity contribution is -0.0382. The summed E-state index contributed by atoms with van der Waals surface area (Å²) in [5.74, 6) is 0.519. The number of aryl methyl sites for hydroxylation is 1. The largest absolute Gasteiger partial charge is 0.487 e. The Morgan fingerprint density at radius 2 is 1.83 bits per heavy atom. The summed E-state index contributed by atoms with van der Waals surface area (Å²) in [5, 5.41) is 18.1. The summed E-state index contributed by atoms with van der Waals surface area (Å²) >= 11 is 0.964.